The molecule has 0 rings (SSSR count). The number of hydrogen-bond donors (Lipinski definition) is 3. The molecule has 20 heavy (non-hydrogen) atoms. The van der Waals surface area contributed by atoms with Crippen molar-refractivity contribution in [3.63, 3.8) is 0 Å². The minimum Gasteiger partial charge on any atom is -0.478 e. The summed E-state index contributed by atoms with van der Waals surface area (Å²) in [5.74, 6) is -1.10. The number of rotatable bonds is 13. The van der Waals surface area contributed by atoms with Crippen LogP contribution in [0.3, 0.4) is 0 Å². The van der Waals surface area contributed by atoms with Gasteiger partial charge in [0.15, 0.2) is 0 Å². The van der Waals surface area contributed by atoms with Gasteiger partial charge in [0.25, 0.3) is 0 Å². The molecule has 118 valence electrons. The van der Waals surface area contributed by atoms with Crippen LogP contribution in [0.25, 0.3) is 0 Å². The summed E-state index contributed by atoms with van der Waals surface area (Å²) < 4.78 is 29.5. The Balaban J connectivity index is 3.20. The lowest BCUT2D eigenvalue weighted by Gasteiger charge is -2.07. The molecule has 0 fully saturated rings. The van der Waals surface area contributed by atoms with Crippen molar-refractivity contribution in [2.45, 2.75) is 0 Å². The van der Waals surface area contributed by atoms with Crippen molar-refractivity contribution in [2.24, 2.45) is 0 Å². The molecule has 0 aliphatic rings. The second-order valence-corrected chi connectivity index (χ2v) is 4.75. The van der Waals surface area contributed by atoms with E-state index in [1.807, 2.05) is 0 Å². The fraction of sp³-hybridized carbons (Fsp3) is 0.700. The number of aliphatic carboxylic acids is 1. The van der Waals surface area contributed by atoms with E-state index in [9.17, 15) is 9.36 Å². The lowest BCUT2D eigenvalue weighted by molar-refractivity contribution is -0.133. The normalized spacial score (nSPS) is 11.5. The Morgan fingerprint density at radius 1 is 0.950 bits per heavy atom. The van der Waals surface area contributed by atoms with Crippen molar-refractivity contribution in [1.29, 1.82) is 0 Å². The molecule has 0 bridgehead atoms. The van der Waals surface area contributed by atoms with Crippen LogP contribution in [0.2, 0.25) is 0 Å². The molecule has 10 heteroatoms. The highest BCUT2D eigenvalue weighted by Crippen LogP contribution is 2.35. The Morgan fingerprint density at radius 2 is 1.40 bits per heavy atom. The standard InChI is InChI=1S/C10H19O9P/c1-9(10(11)12)8-18-5-4-16-2-3-17-6-7-19-20(13,14)15/h1-8H2,(H,11,12)(H2,13,14,15). The molecule has 0 aromatic carbocycles. The molecule has 0 saturated carbocycles. The van der Waals surface area contributed by atoms with Crippen molar-refractivity contribution in [2.75, 3.05) is 46.2 Å². The van der Waals surface area contributed by atoms with E-state index in [2.05, 4.69) is 11.1 Å². The predicted octanol–water partition coefficient (Wildman–Crippen LogP) is -0.214. The van der Waals surface area contributed by atoms with E-state index < -0.39 is 13.8 Å². The molecule has 0 aliphatic heterocycles. The number of phosphoric ester groups is 1. The third-order valence-electron chi connectivity index (χ3n) is 1.81. The molecule has 0 aromatic heterocycles. The maximum atomic E-state index is 10.4. The molecular formula is C10H19O9P. The topological polar surface area (TPSA) is 132 Å². The highest BCUT2D eigenvalue weighted by atomic mass is 31.2. The lowest BCUT2D eigenvalue weighted by Crippen LogP contribution is -2.13. The molecule has 0 aromatic rings. The number of phosphoric acid groups is 1. The van der Waals surface area contributed by atoms with Gasteiger partial charge in [-0.3, -0.25) is 4.52 Å². The van der Waals surface area contributed by atoms with E-state index >= 15 is 0 Å². The van der Waals surface area contributed by atoms with Gasteiger partial charge in [-0.2, -0.15) is 0 Å². The Hall–Kier alpha value is -0.800. The second kappa shape index (κ2) is 10.9. The Kier molecular flexibility index (Phi) is 10.5. The van der Waals surface area contributed by atoms with Crippen LogP contribution in [0.4, 0.5) is 0 Å². The van der Waals surface area contributed by atoms with Crippen LogP contribution < -0.4 is 0 Å². The van der Waals surface area contributed by atoms with Gasteiger partial charge in [-0.15, -0.1) is 0 Å². The highest BCUT2D eigenvalue weighted by Gasteiger charge is 2.12. The first-order chi connectivity index (χ1) is 9.33. The molecule has 3 N–H and O–H groups in total. The van der Waals surface area contributed by atoms with Crippen molar-refractivity contribution in [1.82, 2.24) is 0 Å². The van der Waals surface area contributed by atoms with Crippen LogP contribution in [0, 0.1) is 0 Å². The van der Waals surface area contributed by atoms with Gasteiger partial charge in [-0.1, -0.05) is 6.58 Å². The molecular weight excluding hydrogens is 295 g/mol. The zero-order chi connectivity index (χ0) is 15.4. The van der Waals surface area contributed by atoms with Gasteiger partial charge < -0.3 is 29.1 Å². The predicted molar refractivity (Wildman–Crippen MR) is 67.2 cm³/mol. The average molecular weight is 314 g/mol. The van der Waals surface area contributed by atoms with Crippen LogP contribution in [0.15, 0.2) is 12.2 Å². The first kappa shape index (κ1) is 19.2. The summed E-state index contributed by atoms with van der Waals surface area (Å²) in [6.45, 7) is 4.10. The number of carboxylic acid groups (broad SMARTS) is 1. The van der Waals surface area contributed by atoms with Gasteiger partial charge in [-0.05, 0) is 0 Å². The summed E-state index contributed by atoms with van der Waals surface area (Å²) in [5, 5.41) is 8.49. The number of carbonyl (C=O) groups is 1. The van der Waals surface area contributed by atoms with Crippen molar-refractivity contribution < 1.29 is 43.0 Å². The largest absolute Gasteiger partial charge is 0.478 e. The van der Waals surface area contributed by atoms with Gasteiger partial charge in [0.05, 0.1) is 51.8 Å². The third kappa shape index (κ3) is 13.6. The van der Waals surface area contributed by atoms with Crippen LogP contribution in [0.1, 0.15) is 0 Å². The van der Waals surface area contributed by atoms with Gasteiger partial charge in [0.1, 0.15) is 0 Å². The molecule has 0 unspecified atom stereocenters. The number of carboxylic acids is 1. The number of hydrogen-bond acceptors (Lipinski definition) is 6. The van der Waals surface area contributed by atoms with E-state index in [4.69, 9.17) is 29.1 Å². The molecule has 0 atom stereocenters. The zero-order valence-corrected chi connectivity index (χ0v) is 11.8. The number of ether oxygens (including phenoxy) is 3. The Bertz CT molecular complexity index is 338. The molecule has 0 amide bonds. The SMILES string of the molecule is C=C(COCCOCCOCCOP(=O)(O)O)C(=O)O. The summed E-state index contributed by atoms with van der Waals surface area (Å²) in [4.78, 5) is 27.1. The minimum atomic E-state index is -4.43. The van der Waals surface area contributed by atoms with E-state index in [0.29, 0.717) is 0 Å². The van der Waals surface area contributed by atoms with Gasteiger partial charge >= 0.3 is 13.8 Å². The average Bonchev–Trinajstić information content (AvgIpc) is 2.34. The molecule has 9 nitrogen and oxygen atoms in total. The monoisotopic (exact) mass is 314 g/mol. The van der Waals surface area contributed by atoms with Crippen LogP contribution in [-0.4, -0.2) is 67.1 Å². The zero-order valence-electron chi connectivity index (χ0n) is 10.9. The summed E-state index contributed by atoms with van der Waals surface area (Å²) in [5.41, 5.74) is -0.0293. The smallest absolute Gasteiger partial charge is 0.469 e. The lowest BCUT2D eigenvalue weighted by atomic mass is 10.3. The second-order valence-electron chi connectivity index (χ2n) is 3.51. The van der Waals surface area contributed by atoms with Crippen LogP contribution in [0.5, 0.6) is 0 Å². The van der Waals surface area contributed by atoms with E-state index in [-0.39, 0.29) is 51.8 Å². The van der Waals surface area contributed by atoms with E-state index in [0.717, 1.165) is 0 Å². The summed E-state index contributed by atoms with van der Waals surface area (Å²) in [6.07, 6.45) is 0. The quantitative estimate of drug-likeness (QED) is 0.240. The van der Waals surface area contributed by atoms with Crippen molar-refractivity contribution in [3.05, 3.63) is 12.2 Å². The minimum absolute atomic E-state index is 0.0293. The molecule has 0 aliphatic carbocycles. The van der Waals surface area contributed by atoms with Crippen LogP contribution in [-0.2, 0) is 28.1 Å². The van der Waals surface area contributed by atoms with Crippen molar-refractivity contribution >= 4 is 13.8 Å². The summed E-state index contributed by atoms with van der Waals surface area (Å²) in [6, 6.07) is 0. The molecule has 0 heterocycles. The molecule has 0 spiro atoms. The fourth-order valence-corrected chi connectivity index (χ4v) is 1.22. The van der Waals surface area contributed by atoms with Gasteiger partial charge in [0, 0.05) is 0 Å². The maximum Gasteiger partial charge on any atom is 0.469 e. The molecule has 0 saturated heterocycles. The van der Waals surface area contributed by atoms with Crippen molar-refractivity contribution in [3.8, 4) is 0 Å². The first-order valence-corrected chi connectivity index (χ1v) is 7.20. The van der Waals surface area contributed by atoms with Gasteiger partial charge in [0.2, 0.25) is 0 Å². The van der Waals surface area contributed by atoms with E-state index in [1.54, 1.807) is 0 Å². The van der Waals surface area contributed by atoms with E-state index in [1.165, 1.54) is 0 Å². The Labute approximate surface area is 116 Å². The highest BCUT2D eigenvalue weighted by molar-refractivity contribution is 7.46. The summed E-state index contributed by atoms with van der Waals surface area (Å²) >= 11 is 0. The molecule has 0 radical (unpaired) electrons. The third-order valence-corrected chi connectivity index (χ3v) is 2.33. The van der Waals surface area contributed by atoms with Crippen LogP contribution >= 0.6 is 7.82 Å². The first-order valence-electron chi connectivity index (χ1n) is 5.67. The summed E-state index contributed by atoms with van der Waals surface area (Å²) in [7, 11) is -4.43. The maximum absolute atomic E-state index is 10.4. The Morgan fingerprint density at radius 3 is 1.85 bits per heavy atom. The fourth-order valence-electron chi connectivity index (χ4n) is 0.912. The van der Waals surface area contributed by atoms with Gasteiger partial charge in [-0.25, -0.2) is 9.36 Å².